The van der Waals surface area contributed by atoms with Crippen molar-refractivity contribution in [2.75, 3.05) is 33.1 Å². The van der Waals surface area contributed by atoms with Gasteiger partial charge in [-0.15, -0.1) is 0 Å². The van der Waals surface area contributed by atoms with Crippen molar-refractivity contribution in [2.45, 2.75) is 13.5 Å². The Morgan fingerprint density at radius 2 is 1.74 bits per heavy atom. The maximum Gasteiger partial charge on any atom is 0.251 e. The molecule has 27 heavy (non-hydrogen) atoms. The molecular formula is C20H26N4O3. The van der Waals surface area contributed by atoms with E-state index in [2.05, 4.69) is 20.9 Å². The van der Waals surface area contributed by atoms with Crippen molar-refractivity contribution < 1.29 is 14.3 Å². The van der Waals surface area contributed by atoms with Gasteiger partial charge in [0, 0.05) is 30.9 Å². The van der Waals surface area contributed by atoms with Crippen molar-refractivity contribution in [1.29, 1.82) is 0 Å². The molecule has 0 saturated carbocycles. The van der Waals surface area contributed by atoms with Crippen molar-refractivity contribution in [2.24, 2.45) is 4.99 Å². The molecule has 144 valence electrons. The predicted molar refractivity (Wildman–Crippen MR) is 108 cm³/mol. The zero-order valence-corrected chi connectivity index (χ0v) is 16.1. The SMILES string of the molecule is CCNC(=NCc1ccc(C(=O)NC)cc1)Nc1ccc(OC)c(OC)c1. The molecule has 2 rings (SSSR count). The number of rotatable bonds is 7. The minimum absolute atomic E-state index is 0.103. The van der Waals surface area contributed by atoms with Crippen LogP contribution in [-0.4, -0.2) is 39.7 Å². The first-order valence-electron chi connectivity index (χ1n) is 8.69. The number of benzene rings is 2. The molecule has 0 spiro atoms. The molecule has 0 heterocycles. The number of anilines is 1. The molecule has 0 aliphatic rings. The number of ether oxygens (including phenoxy) is 2. The highest BCUT2D eigenvalue weighted by molar-refractivity contribution is 5.94. The van der Waals surface area contributed by atoms with Crippen molar-refractivity contribution >= 4 is 17.6 Å². The lowest BCUT2D eigenvalue weighted by Gasteiger charge is -2.14. The van der Waals surface area contributed by atoms with Crippen LogP contribution < -0.4 is 25.4 Å². The molecule has 3 N–H and O–H groups in total. The highest BCUT2D eigenvalue weighted by Crippen LogP contribution is 2.29. The van der Waals surface area contributed by atoms with Crippen molar-refractivity contribution in [3.63, 3.8) is 0 Å². The van der Waals surface area contributed by atoms with E-state index in [0.29, 0.717) is 29.6 Å². The third-order valence-electron chi connectivity index (χ3n) is 3.85. The first kappa shape index (κ1) is 20.1. The lowest BCUT2D eigenvalue weighted by Crippen LogP contribution is -2.30. The number of methoxy groups -OCH3 is 2. The fourth-order valence-electron chi connectivity index (χ4n) is 2.43. The average Bonchev–Trinajstić information content (AvgIpc) is 2.71. The molecule has 0 radical (unpaired) electrons. The Kier molecular flexibility index (Phi) is 7.49. The van der Waals surface area contributed by atoms with Crippen molar-refractivity contribution in [3.05, 3.63) is 53.6 Å². The van der Waals surface area contributed by atoms with Gasteiger partial charge in [-0.25, -0.2) is 4.99 Å². The Morgan fingerprint density at radius 3 is 2.33 bits per heavy atom. The monoisotopic (exact) mass is 370 g/mol. The Bertz CT molecular complexity index is 788. The van der Waals surface area contributed by atoms with Crippen LogP contribution >= 0.6 is 0 Å². The number of hydrogen-bond donors (Lipinski definition) is 3. The van der Waals surface area contributed by atoms with E-state index in [4.69, 9.17) is 9.47 Å². The minimum atomic E-state index is -0.103. The summed E-state index contributed by atoms with van der Waals surface area (Å²) in [4.78, 5) is 16.2. The first-order valence-corrected chi connectivity index (χ1v) is 8.69. The molecule has 0 saturated heterocycles. The van der Waals surface area contributed by atoms with Crippen LogP contribution in [0.2, 0.25) is 0 Å². The van der Waals surface area contributed by atoms with Crippen LogP contribution in [0.1, 0.15) is 22.8 Å². The van der Waals surface area contributed by atoms with E-state index in [1.54, 1.807) is 33.4 Å². The predicted octanol–water partition coefficient (Wildman–Crippen LogP) is 2.64. The largest absolute Gasteiger partial charge is 0.493 e. The van der Waals surface area contributed by atoms with E-state index < -0.39 is 0 Å². The molecule has 0 fully saturated rings. The van der Waals surface area contributed by atoms with Gasteiger partial charge in [0.25, 0.3) is 5.91 Å². The summed E-state index contributed by atoms with van der Waals surface area (Å²) < 4.78 is 10.6. The summed E-state index contributed by atoms with van der Waals surface area (Å²) in [7, 11) is 4.82. The molecule has 2 aromatic carbocycles. The lowest BCUT2D eigenvalue weighted by atomic mass is 10.1. The highest BCUT2D eigenvalue weighted by Gasteiger charge is 2.07. The average molecular weight is 370 g/mol. The maximum atomic E-state index is 11.6. The van der Waals surface area contributed by atoms with E-state index in [-0.39, 0.29) is 5.91 Å². The normalized spacial score (nSPS) is 10.9. The molecule has 0 bridgehead atoms. The number of nitrogens with zero attached hydrogens (tertiary/aromatic N) is 1. The summed E-state index contributed by atoms with van der Waals surface area (Å²) in [5.41, 5.74) is 2.47. The molecule has 2 aromatic rings. The van der Waals surface area contributed by atoms with Crippen LogP contribution in [0.15, 0.2) is 47.5 Å². The summed E-state index contributed by atoms with van der Waals surface area (Å²) in [6, 6.07) is 13.0. The van der Waals surface area contributed by atoms with Gasteiger partial charge in [0.05, 0.1) is 20.8 Å². The second-order valence-electron chi connectivity index (χ2n) is 5.67. The van der Waals surface area contributed by atoms with Gasteiger partial charge in [0.15, 0.2) is 17.5 Å². The van der Waals surface area contributed by atoms with Crippen LogP contribution in [0, 0.1) is 0 Å². The van der Waals surface area contributed by atoms with Gasteiger partial charge in [-0.3, -0.25) is 4.79 Å². The van der Waals surface area contributed by atoms with Gasteiger partial charge >= 0.3 is 0 Å². The fourth-order valence-corrected chi connectivity index (χ4v) is 2.43. The highest BCUT2D eigenvalue weighted by atomic mass is 16.5. The number of aliphatic imine (C=N–C) groups is 1. The second-order valence-corrected chi connectivity index (χ2v) is 5.67. The standard InChI is InChI=1S/C20H26N4O3/c1-5-22-20(24-16-10-11-17(26-3)18(12-16)27-4)23-13-14-6-8-15(9-7-14)19(25)21-2/h6-12H,5,13H2,1-4H3,(H,21,25)(H2,22,23,24). The zero-order valence-electron chi connectivity index (χ0n) is 16.1. The molecule has 7 nitrogen and oxygen atoms in total. The number of hydrogen-bond acceptors (Lipinski definition) is 4. The second kappa shape index (κ2) is 10.1. The molecule has 0 atom stereocenters. The minimum Gasteiger partial charge on any atom is -0.493 e. The van der Waals surface area contributed by atoms with E-state index in [1.807, 2.05) is 37.3 Å². The quantitative estimate of drug-likeness (QED) is 0.515. The third-order valence-corrected chi connectivity index (χ3v) is 3.85. The number of nitrogens with one attached hydrogen (secondary N) is 3. The summed E-state index contributed by atoms with van der Waals surface area (Å²) in [6.07, 6.45) is 0. The van der Waals surface area contributed by atoms with Gasteiger partial charge < -0.3 is 25.4 Å². The third kappa shape index (κ3) is 5.64. The van der Waals surface area contributed by atoms with E-state index in [9.17, 15) is 4.79 Å². The molecule has 0 unspecified atom stereocenters. The van der Waals surface area contributed by atoms with Crippen LogP contribution in [0.4, 0.5) is 5.69 Å². The van der Waals surface area contributed by atoms with Crippen molar-refractivity contribution in [1.82, 2.24) is 10.6 Å². The maximum absolute atomic E-state index is 11.6. The topological polar surface area (TPSA) is 84.0 Å². The van der Waals surface area contributed by atoms with E-state index in [1.165, 1.54) is 0 Å². The van der Waals surface area contributed by atoms with E-state index in [0.717, 1.165) is 17.8 Å². The van der Waals surface area contributed by atoms with Gasteiger partial charge in [0.2, 0.25) is 0 Å². The van der Waals surface area contributed by atoms with E-state index >= 15 is 0 Å². The Morgan fingerprint density at radius 1 is 1.04 bits per heavy atom. The Hall–Kier alpha value is -3.22. The van der Waals surface area contributed by atoms with Crippen LogP contribution in [-0.2, 0) is 6.54 Å². The van der Waals surface area contributed by atoms with Gasteiger partial charge in [-0.05, 0) is 36.8 Å². The number of carbonyl (C=O) groups is 1. The van der Waals surface area contributed by atoms with Crippen molar-refractivity contribution in [3.8, 4) is 11.5 Å². The van der Waals surface area contributed by atoms with Crippen LogP contribution in [0.3, 0.4) is 0 Å². The summed E-state index contributed by atoms with van der Waals surface area (Å²) >= 11 is 0. The first-order chi connectivity index (χ1) is 13.1. The molecule has 0 aromatic heterocycles. The summed E-state index contributed by atoms with van der Waals surface area (Å²) in [5.74, 6) is 1.86. The van der Waals surface area contributed by atoms with Crippen LogP contribution in [0.25, 0.3) is 0 Å². The number of guanidine groups is 1. The smallest absolute Gasteiger partial charge is 0.251 e. The number of carbonyl (C=O) groups excluding carboxylic acids is 1. The van der Waals surface area contributed by atoms with Gasteiger partial charge in [-0.2, -0.15) is 0 Å². The summed E-state index contributed by atoms with van der Waals surface area (Å²) in [6.45, 7) is 3.22. The lowest BCUT2D eigenvalue weighted by molar-refractivity contribution is 0.0963. The summed E-state index contributed by atoms with van der Waals surface area (Å²) in [5, 5.41) is 9.07. The molecule has 7 heteroatoms. The van der Waals surface area contributed by atoms with Gasteiger partial charge in [-0.1, -0.05) is 12.1 Å². The zero-order chi connectivity index (χ0) is 19.6. The Labute approximate surface area is 159 Å². The number of amides is 1. The van der Waals surface area contributed by atoms with Crippen LogP contribution in [0.5, 0.6) is 11.5 Å². The Balaban J connectivity index is 2.11. The molecular weight excluding hydrogens is 344 g/mol. The molecule has 1 amide bonds. The van der Waals surface area contributed by atoms with Gasteiger partial charge in [0.1, 0.15) is 0 Å². The molecule has 0 aliphatic heterocycles. The molecule has 0 aliphatic carbocycles. The fraction of sp³-hybridized carbons (Fsp3) is 0.300.